The third-order valence-corrected chi connectivity index (χ3v) is 4.94. The Morgan fingerprint density at radius 1 is 1.12 bits per heavy atom. The van der Waals surface area contributed by atoms with E-state index in [0.29, 0.717) is 12.3 Å². The molecule has 4 rings (SSSR count). The minimum Gasteiger partial charge on any atom is -0.342 e. The Morgan fingerprint density at radius 3 is 2.58 bits per heavy atom. The highest BCUT2D eigenvalue weighted by atomic mass is 16.2. The van der Waals surface area contributed by atoms with Crippen LogP contribution in [-0.4, -0.2) is 38.4 Å². The first kappa shape index (κ1) is 16.5. The maximum Gasteiger partial charge on any atom is 0.227 e. The van der Waals surface area contributed by atoms with Gasteiger partial charge in [-0.2, -0.15) is 0 Å². The van der Waals surface area contributed by atoms with E-state index in [-0.39, 0.29) is 5.91 Å². The summed E-state index contributed by atoms with van der Waals surface area (Å²) in [6.07, 6.45) is 5.97. The van der Waals surface area contributed by atoms with Gasteiger partial charge >= 0.3 is 0 Å². The van der Waals surface area contributed by atoms with Gasteiger partial charge in [0.1, 0.15) is 5.82 Å². The number of aromatic nitrogens is 3. The fourth-order valence-corrected chi connectivity index (χ4v) is 3.45. The number of rotatable bonds is 5. The molecule has 3 heterocycles. The average molecular weight is 346 g/mol. The van der Waals surface area contributed by atoms with Crippen molar-refractivity contribution in [1.29, 1.82) is 0 Å². The molecule has 1 fully saturated rings. The van der Waals surface area contributed by atoms with Crippen LogP contribution in [0.15, 0.2) is 61.1 Å². The van der Waals surface area contributed by atoms with Gasteiger partial charge in [0.15, 0.2) is 0 Å². The summed E-state index contributed by atoms with van der Waals surface area (Å²) in [5, 5.41) is 0. The van der Waals surface area contributed by atoms with Crippen LogP contribution in [0.3, 0.4) is 0 Å². The van der Waals surface area contributed by atoms with Crippen molar-refractivity contribution in [3.63, 3.8) is 0 Å². The number of imidazole rings is 1. The number of carbonyl (C=O) groups excluding carboxylic acids is 1. The smallest absolute Gasteiger partial charge is 0.227 e. The van der Waals surface area contributed by atoms with Gasteiger partial charge in [-0.3, -0.25) is 9.78 Å². The van der Waals surface area contributed by atoms with Crippen molar-refractivity contribution in [3.8, 4) is 11.4 Å². The van der Waals surface area contributed by atoms with E-state index in [1.54, 1.807) is 12.4 Å². The van der Waals surface area contributed by atoms with E-state index in [1.807, 2.05) is 53.6 Å². The Morgan fingerprint density at radius 2 is 1.85 bits per heavy atom. The van der Waals surface area contributed by atoms with E-state index < -0.39 is 0 Å². The van der Waals surface area contributed by atoms with Crippen LogP contribution in [0.4, 0.5) is 0 Å². The van der Waals surface area contributed by atoms with Crippen molar-refractivity contribution in [2.75, 3.05) is 13.1 Å². The standard InChI is InChI=1S/C21H22N4O/c1-16-12-23-21(19-7-9-22-10-8-19)25(16)15-18-13-24(14-18)20(26)11-17-5-3-2-4-6-17/h2-10,12,18H,11,13-15H2,1H3. The molecule has 26 heavy (non-hydrogen) atoms. The van der Waals surface area contributed by atoms with Crippen molar-refractivity contribution in [3.05, 3.63) is 72.3 Å². The predicted octanol–water partition coefficient (Wildman–Crippen LogP) is 2.95. The molecule has 1 aliphatic rings. The van der Waals surface area contributed by atoms with Crippen LogP contribution in [0.25, 0.3) is 11.4 Å². The van der Waals surface area contributed by atoms with Gasteiger partial charge in [-0.15, -0.1) is 0 Å². The highest BCUT2D eigenvalue weighted by Crippen LogP contribution is 2.24. The van der Waals surface area contributed by atoms with Crippen molar-refractivity contribution in [2.24, 2.45) is 5.92 Å². The summed E-state index contributed by atoms with van der Waals surface area (Å²) in [7, 11) is 0. The maximum absolute atomic E-state index is 12.4. The van der Waals surface area contributed by atoms with Gasteiger partial charge in [0.05, 0.1) is 6.42 Å². The predicted molar refractivity (Wildman–Crippen MR) is 100 cm³/mol. The van der Waals surface area contributed by atoms with E-state index >= 15 is 0 Å². The van der Waals surface area contributed by atoms with Crippen LogP contribution < -0.4 is 0 Å². The second-order valence-electron chi connectivity index (χ2n) is 6.90. The Kier molecular flexibility index (Phi) is 4.52. The monoisotopic (exact) mass is 346 g/mol. The molecule has 2 aromatic heterocycles. The summed E-state index contributed by atoms with van der Waals surface area (Å²) in [6, 6.07) is 13.9. The summed E-state index contributed by atoms with van der Waals surface area (Å²) in [5.41, 5.74) is 3.29. The molecule has 0 spiro atoms. The highest BCUT2D eigenvalue weighted by molar-refractivity contribution is 5.79. The fourth-order valence-electron chi connectivity index (χ4n) is 3.45. The topological polar surface area (TPSA) is 51.0 Å². The molecule has 0 radical (unpaired) electrons. The van der Waals surface area contributed by atoms with Crippen molar-refractivity contribution in [2.45, 2.75) is 19.9 Å². The van der Waals surface area contributed by atoms with Crippen LogP contribution >= 0.6 is 0 Å². The van der Waals surface area contributed by atoms with Crippen LogP contribution in [0.1, 0.15) is 11.3 Å². The van der Waals surface area contributed by atoms with Crippen molar-refractivity contribution >= 4 is 5.91 Å². The number of benzene rings is 1. The molecule has 0 saturated carbocycles. The number of likely N-dealkylation sites (tertiary alicyclic amines) is 1. The summed E-state index contributed by atoms with van der Waals surface area (Å²) >= 11 is 0. The second-order valence-corrected chi connectivity index (χ2v) is 6.90. The lowest BCUT2D eigenvalue weighted by Crippen LogP contribution is -2.52. The van der Waals surface area contributed by atoms with Crippen molar-refractivity contribution < 1.29 is 4.79 Å². The van der Waals surface area contributed by atoms with Gasteiger partial charge in [0, 0.05) is 55.4 Å². The lowest BCUT2D eigenvalue weighted by Gasteiger charge is -2.40. The van der Waals surface area contributed by atoms with Crippen LogP contribution in [0, 0.1) is 12.8 Å². The quantitative estimate of drug-likeness (QED) is 0.714. The minimum atomic E-state index is 0.212. The average Bonchev–Trinajstić information content (AvgIpc) is 2.99. The molecule has 0 bridgehead atoms. The van der Waals surface area contributed by atoms with E-state index in [1.165, 1.54) is 0 Å². The molecule has 0 unspecified atom stereocenters. The van der Waals surface area contributed by atoms with E-state index in [2.05, 4.69) is 21.5 Å². The number of pyridine rings is 1. The van der Waals surface area contributed by atoms with Crippen LogP contribution in [0.5, 0.6) is 0 Å². The third kappa shape index (κ3) is 3.38. The fraction of sp³-hybridized carbons (Fsp3) is 0.286. The minimum absolute atomic E-state index is 0.212. The first-order valence-electron chi connectivity index (χ1n) is 8.95. The molecule has 132 valence electrons. The third-order valence-electron chi connectivity index (χ3n) is 4.94. The number of nitrogens with zero attached hydrogens (tertiary/aromatic N) is 4. The van der Waals surface area contributed by atoms with Gasteiger partial charge < -0.3 is 9.47 Å². The zero-order chi connectivity index (χ0) is 17.9. The summed E-state index contributed by atoms with van der Waals surface area (Å²) < 4.78 is 2.25. The van der Waals surface area contributed by atoms with Gasteiger partial charge in [-0.1, -0.05) is 30.3 Å². The van der Waals surface area contributed by atoms with Gasteiger partial charge in [-0.05, 0) is 24.6 Å². The normalized spacial score (nSPS) is 14.3. The Hall–Kier alpha value is -2.95. The zero-order valence-electron chi connectivity index (χ0n) is 14.9. The Labute approximate surface area is 153 Å². The second kappa shape index (κ2) is 7.12. The molecule has 1 saturated heterocycles. The van der Waals surface area contributed by atoms with Gasteiger partial charge in [-0.25, -0.2) is 4.98 Å². The number of hydrogen-bond donors (Lipinski definition) is 0. The zero-order valence-corrected chi connectivity index (χ0v) is 14.9. The summed E-state index contributed by atoms with van der Waals surface area (Å²) in [6.45, 7) is 4.60. The van der Waals surface area contributed by atoms with E-state index in [0.717, 1.165) is 42.3 Å². The first-order chi connectivity index (χ1) is 12.7. The molecule has 5 nitrogen and oxygen atoms in total. The molecule has 1 aliphatic heterocycles. The molecule has 3 aromatic rings. The highest BCUT2D eigenvalue weighted by Gasteiger charge is 2.31. The van der Waals surface area contributed by atoms with Gasteiger partial charge in [0.25, 0.3) is 0 Å². The SMILES string of the molecule is Cc1cnc(-c2ccncc2)n1CC1CN(C(=O)Cc2ccccc2)C1. The lowest BCUT2D eigenvalue weighted by molar-refractivity contribution is -0.137. The lowest BCUT2D eigenvalue weighted by atomic mass is 9.98. The maximum atomic E-state index is 12.4. The number of aryl methyl sites for hydroxylation is 1. The summed E-state index contributed by atoms with van der Waals surface area (Å²) in [5.74, 6) is 1.66. The first-order valence-corrected chi connectivity index (χ1v) is 8.95. The van der Waals surface area contributed by atoms with Crippen LogP contribution in [0.2, 0.25) is 0 Å². The molecule has 1 aromatic carbocycles. The molecular formula is C21H22N4O. The molecule has 0 aliphatic carbocycles. The number of hydrogen-bond acceptors (Lipinski definition) is 3. The molecule has 1 amide bonds. The largest absolute Gasteiger partial charge is 0.342 e. The van der Waals surface area contributed by atoms with Gasteiger partial charge in [0.2, 0.25) is 5.91 Å². The molecule has 5 heteroatoms. The molecular weight excluding hydrogens is 324 g/mol. The number of amides is 1. The van der Waals surface area contributed by atoms with Crippen molar-refractivity contribution in [1.82, 2.24) is 19.4 Å². The van der Waals surface area contributed by atoms with Crippen LogP contribution in [-0.2, 0) is 17.8 Å². The van der Waals surface area contributed by atoms with E-state index in [4.69, 9.17) is 0 Å². The summed E-state index contributed by atoms with van der Waals surface area (Å²) in [4.78, 5) is 23.0. The Balaban J connectivity index is 1.38. The Bertz CT molecular complexity index is 883. The molecule has 0 atom stereocenters. The number of carbonyl (C=O) groups is 1. The van der Waals surface area contributed by atoms with E-state index in [9.17, 15) is 4.79 Å². The molecule has 0 N–H and O–H groups in total.